The van der Waals surface area contributed by atoms with E-state index in [-0.39, 0.29) is 109 Å². The van der Waals surface area contributed by atoms with Crippen LogP contribution in [0.15, 0.2) is 0 Å². The molecule has 20 amide bonds. The normalized spacial score (nSPS) is 15.2. The summed E-state index contributed by atoms with van der Waals surface area (Å²) in [4.78, 5) is 320. The van der Waals surface area contributed by atoms with Crippen molar-refractivity contribution in [2.45, 2.75) is 318 Å². The lowest BCUT2D eigenvalue weighted by Crippen LogP contribution is -2.61. The van der Waals surface area contributed by atoms with Crippen molar-refractivity contribution in [1.29, 1.82) is 16.2 Å². The van der Waals surface area contributed by atoms with E-state index in [1.54, 1.807) is 0 Å². The molecule has 0 fully saturated rings. The number of hydrogen-bond donors (Lipinski definition) is 38. The van der Waals surface area contributed by atoms with Crippen LogP contribution in [0.1, 0.15) is 191 Å². The number of amides is 20. The molecule has 0 bridgehead atoms. The van der Waals surface area contributed by atoms with Gasteiger partial charge >= 0.3 is 23.9 Å². The minimum atomic E-state index is -2.06. The number of aliphatic hydroxyl groups is 2. The van der Waals surface area contributed by atoms with E-state index in [4.69, 9.17) is 61.5 Å². The Kier molecular flexibility index (Phi) is 61.0. The number of aliphatic carboxylic acids is 4. The van der Waals surface area contributed by atoms with Crippen molar-refractivity contribution in [3.05, 3.63) is 0 Å². The van der Waals surface area contributed by atoms with Gasteiger partial charge in [-0.25, -0.2) is 0 Å². The van der Waals surface area contributed by atoms with Gasteiger partial charge in [0.25, 0.3) is 0 Å². The van der Waals surface area contributed by atoms with Crippen molar-refractivity contribution >= 4 is 160 Å². The van der Waals surface area contributed by atoms with E-state index in [2.05, 4.69) is 117 Å². The maximum Gasteiger partial charge on any atom is 0.325 e. The Balaban J connectivity index is 6.77. The summed E-state index contributed by atoms with van der Waals surface area (Å²) < 4.78 is 0. The average Bonchev–Trinajstić information content (AvgIpc) is 0.857. The zero-order chi connectivity index (χ0) is 111. The van der Waals surface area contributed by atoms with Gasteiger partial charge in [0.15, 0.2) is 17.9 Å². The Morgan fingerprint density at radius 1 is 0.255 bits per heavy atom. The number of aliphatic hydroxyl groups excluding tert-OH is 2. The SMILES string of the molecule is C[C@H](NC(=O)[C@H](C)NC(=O)[C@H](C)NC(=O)[C@H](CCCNC(=N)N)NC(=O)[C@H](CC(=O)O)NC(=O)[C@H](CCCNC(=N)N)NC(=O)[C@H](C)NC(=O)[C@H](CCC(N)=O)NC(=O)[C@H](CO)NC(=O)[C@H](C)NC(=O)[C@H](C)NC(=O)[C@H](CCCCN)NC(=O)[C@H](CCC(=O)O)NC(=O)[C@H](CCCCN)NC(=O)[C@H](C)NC(=O)[C@H](CCC(=O)O)NC(=O)[C@@H](NC(=O)[C@H](C)NC(=O)[C@H](C)NC(=O)[C@@H](N)CCCNC(=N)N)[C@@H](C)O)C(=O)O. The predicted octanol–water partition coefficient (Wildman–Crippen LogP) is -15.3. The maximum absolute atomic E-state index is 14.3. The van der Waals surface area contributed by atoms with Crippen LogP contribution in [0.4, 0.5) is 0 Å². The van der Waals surface area contributed by atoms with Crippen molar-refractivity contribution in [1.82, 2.24) is 117 Å². The van der Waals surface area contributed by atoms with E-state index in [9.17, 15) is 141 Å². The molecular weight excluding hydrogens is 1930 g/mol. The van der Waals surface area contributed by atoms with Crippen LogP contribution in [-0.4, -0.2) is 357 Å². The lowest BCUT2D eigenvalue weighted by atomic mass is 10.0. The number of unbranched alkanes of at least 4 members (excludes halogenated alkanes) is 2. The largest absolute Gasteiger partial charge is 0.481 e. The molecule has 0 saturated heterocycles. The molecule has 0 aromatic heterocycles. The quantitative estimate of drug-likeness (QED) is 0.0153. The van der Waals surface area contributed by atoms with Gasteiger partial charge in [-0.15, -0.1) is 0 Å². The molecule has 0 unspecified atom stereocenters. The second kappa shape index (κ2) is 68.1. The highest BCUT2D eigenvalue weighted by molar-refractivity contribution is 6.03. The smallest absolute Gasteiger partial charge is 0.325 e. The third-order valence-corrected chi connectivity index (χ3v) is 21.2. The number of nitrogens with two attached hydrogens (primary N) is 7. The molecule has 0 rings (SSSR count). The summed E-state index contributed by atoms with van der Waals surface area (Å²) in [6, 6.07) is -32.6. The van der Waals surface area contributed by atoms with Gasteiger partial charge in [-0.2, -0.15) is 0 Å². The number of guanidine groups is 3. The molecule has 0 heterocycles. The van der Waals surface area contributed by atoms with Gasteiger partial charge in [0.2, 0.25) is 118 Å². The molecule has 818 valence electrons. The first-order chi connectivity index (χ1) is 67.7. The van der Waals surface area contributed by atoms with E-state index in [1.807, 2.05) is 0 Å². The van der Waals surface area contributed by atoms with Gasteiger partial charge in [-0.1, -0.05) is 0 Å². The molecule has 62 nitrogen and oxygen atoms in total. The minimum Gasteiger partial charge on any atom is -0.481 e. The van der Waals surface area contributed by atoms with Crippen LogP contribution in [0.3, 0.4) is 0 Å². The van der Waals surface area contributed by atoms with Crippen molar-refractivity contribution in [2.24, 2.45) is 40.1 Å². The van der Waals surface area contributed by atoms with E-state index < -0.39 is 332 Å². The molecule has 62 heteroatoms. The summed E-state index contributed by atoms with van der Waals surface area (Å²) >= 11 is 0. The number of carboxylic acid groups (broad SMARTS) is 4. The van der Waals surface area contributed by atoms with Gasteiger partial charge in [-0.3, -0.25) is 131 Å². The summed E-state index contributed by atoms with van der Waals surface area (Å²) in [5.74, 6) is -29.6. The third-order valence-electron chi connectivity index (χ3n) is 21.2. The average molecular weight is 2070 g/mol. The van der Waals surface area contributed by atoms with Crippen LogP contribution in [0, 0.1) is 16.2 Å². The van der Waals surface area contributed by atoms with Gasteiger partial charge in [0, 0.05) is 38.9 Å². The van der Waals surface area contributed by atoms with Crippen molar-refractivity contribution in [3.63, 3.8) is 0 Å². The molecule has 0 radical (unpaired) electrons. The summed E-state index contributed by atoms with van der Waals surface area (Å²) in [5, 5.41) is 133. The van der Waals surface area contributed by atoms with E-state index >= 15 is 0 Å². The molecule has 0 aromatic carbocycles. The Labute approximate surface area is 833 Å². The fourth-order valence-electron chi connectivity index (χ4n) is 12.7. The number of rotatable bonds is 72. The number of nitrogens with one attached hydrogen (secondary N) is 25. The first-order valence-electron chi connectivity index (χ1n) is 46.3. The molecule has 21 atom stereocenters. The molecule has 145 heavy (non-hydrogen) atoms. The summed E-state index contributed by atoms with van der Waals surface area (Å²) in [5.41, 5.74) is 38.8. The third kappa shape index (κ3) is 53.5. The molecular formula is C83H146N32O30. The summed E-state index contributed by atoms with van der Waals surface area (Å²) in [7, 11) is 0. The molecule has 0 spiro atoms. The Bertz CT molecular complexity index is 4490. The van der Waals surface area contributed by atoms with Crippen LogP contribution in [0.2, 0.25) is 0 Å². The molecule has 0 aliphatic rings. The number of carbonyl (C=O) groups is 24. The number of carbonyl (C=O) groups excluding carboxylic acids is 20. The maximum atomic E-state index is 14.3. The predicted molar refractivity (Wildman–Crippen MR) is 510 cm³/mol. The monoisotopic (exact) mass is 2070 g/mol. The topological polar surface area (TPSA) is 1050 Å². The van der Waals surface area contributed by atoms with E-state index in [1.165, 1.54) is 27.7 Å². The summed E-state index contributed by atoms with van der Waals surface area (Å²) in [6.07, 6.45) is -7.22. The highest BCUT2D eigenvalue weighted by Crippen LogP contribution is 2.13. The van der Waals surface area contributed by atoms with Gasteiger partial charge in [-0.05, 0) is 179 Å². The molecule has 0 aliphatic carbocycles. The second-order valence-electron chi connectivity index (χ2n) is 34.0. The Morgan fingerprint density at radius 2 is 0.483 bits per heavy atom. The van der Waals surface area contributed by atoms with E-state index in [0.717, 1.165) is 41.5 Å². The molecule has 0 aromatic rings. The zero-order valence-corrected chi connectivity index (χ0v) is 82.3. The lowest BCUT2D eigenvalue weighted by molar-refractivity contribution is -0.142. The van der Waals surface area contributed by atoms with Crippen molar-refractivity contribution < 1.29 is 146 Å². The van der Waals surface area contributed by atoms with Crippen LogP contribution in [-0.2, 0) is 115 Å². The number of carboxylic acids is 4. The minimum absolute atomic E-state index is 0.0367. The van der Waals surface area contributed by atoms with Crippen LogP contribution >= 0.6 is 0 Å². The molecule has 45 N–H and O–H groups in total. The number of hydrogen-bond acceptors (Lipinski definition) is 32. The van der Waals surface area contributed by atoms with Crippen molar-refractivity contribution in [2.75, 3.05) is 39.3 Å². The number of primary amides is 1. The highest BCUT2D eigenvalue weighted by Gasteiger charge is 2.40. The van der Waals surface area contributed by atoms with Crippen LogP contribution < -0.4 is 157 Å². The van der Waals surface area contributed by atoms with Crippen LogP contribution in [0.25, 0.3) is 0 Å². The Hall–Kier alpha value is -15.1. The zero-order valence-electron chi connectivity index (χ0n) is 82.3. The van der Waals surface area contributed by atoms with Crippen molar-refractivity contribution in [3.8, 4) is 0 Å². The highest BCUT2D eigenvalue weighted by atomic mass is 16.4. The lowest BCUT2D eigenvalue weighted by Gasteiger charge is -2.27. The van der Waals surface area contributed by atoms with Crippen LogP contribution in [0.5, 0.6) is 0 Å². The second-order valence-corrected chi connectivity index (χ2v) is 34.0. The standard InChI is InChI=1S/C83H146N32O30/c1-36(64(128)105-44(9)80(144)145)97-62(126)38(3)102-71(135)49(21-16-32-95-82(90)91)109-77(141)54(34-59(123)124)113-75(139)50(22-17-33-96-83(92)93)107-66(130)42(7)103-72(136)51(23-26-56(87)118)111-78(142)55(35-116)114-67(131)40(5)98-63(127)39(4)101-70(134)47(19-11-13-29-84)108-76(140)53(25-28-58(121)122)110-74(138)48(20-12-14-30-85)106-65(129)41(6)104-73(137)52(24-27-57(119)120)112-79(143)60(45(10)117)115-68(132)43(8)99-61(125)37(2)100-69(133)46(86)18-15-31-94-81(88)89/h36-55,60,116-117H,11-35,84-86H2,1-10H3,(H2,87,118)(H,97,126)(H,98,127)(H,99,125)(H,100,133)(H,101,134)(H,102,135)(H,103,136)(H,104,137)(H,105,128)(H,106,129)(H,107,130)(H,108,140)(H,109,141)(H,110,138)(H,111,142)(H,112,143)(H,113,139)(H,114,131)(H,115,132)(H,119,120)(H,121,122)(H,123,124)(H,144,145)(H4,88,89,94)(H4,90,91,95)(H4,92,93,96)/t36-,37-,38-,39-,40-,41-,42-,43-,44-,45+,46-,47-,48-,49-,50-,51-,52-,53-,54-,55-,60-/m0/s1. The Morgan fingerprint density at radius 3 is 0.766 bits per heavy atom. The fourth-order valence-corrected chi connectivity index (χ4v) is 12.7. The fraction of sp³-hybridized carbons (Fsp3) is 0.675. The first-order valence-corrected chi connectivity index (χ1v) is 46.3. The first kappa shape index (κ1) is 130. The van der Waals surface area contributed by atoms with E-state index in [0.29, 0.717) is 6.42 Å². The van der Waals surface area contributed by atoms with Gasteiger partial charge in [0.1, 0.15) is 115 Å². The molecule has 0 aliphatic heterocycles. The summed E-state index contributed by atoms with van der Waals surface area (Å²) in [6.45, 7) is 10.4. The molecule has 0 saturated carbocycles. The van der Waals surface area contributed by atoms with Gasteiger partial charge in [0.05, 0.1) is 25.2 Å². The van der Waals surface area contributed by atoms with Gasteiger partial charge < -0.3 is 188 Å².